The lowest BCUT2D eigenvalue weighted by Crippen LogP contribution is -2.13. The Hall–Kier alpha value is -1.13. The summed E-state index contributed by atoms with van der Waals surface area (Å²) >= 11 is 1.54. The molecule has 16 heavy (non-hydrogen) atoms. The first-order chi connectivity index (χ1) is 7.93. The third-order valence-corrected chi connectivity index (χ3v) is 3.79. The first-order valence-electron chi connectivity index (χ1n) is 5.59. The molecule has 1 saturated heterocycles. The van der Waals surface area contributed by atoms with Gasteiger partial charge in [0.05, 0.1) is 12.1 Å². The molecule has 0 spiro atoms. The van der Waals surface area contributed by atoms with E-state index in [1.54, 1.807) is 11.5 Å². The van der Waals surface area contributed by atoms with Gasteiger partial charge in [0.2, 0.25) is 0 Å². The second-order valence-corrected chi connectivity index (χ2v) is 4.91. The van der Waals surface area contributed by atoms with E-state index in [1.165, 1.54) is 16.8 Å². The molecule has 0 aliphatic carbocycles. The maximum Gasteiger partial charge on any atom is 0.117 e. The van der Waals surface area contributed by atoms with Gasteiger partial charge in [0, 0.05) is 24.5 Å². The smallest absolute Gasteiger partial charge is 0.117 e. The summed E-state index contributed by atoms with van der Waals surface area (Å²) in [6.45, 7) is 2.80. The SMILES string of the molecule is c1ccc2c(NCC3CCOC3)snc2c1. The highest BCUT2D eigenvalue weighted by Crippen LogP contribution is 2.27. The van der Waals surface area contributed by atoms with E-state index in [2.05, 4.69) is 27.9 Å². The van der Waals surface area contributed by atoms with Gasteiger partial charge < -0.3 is 10.1 Å². The van der Waals surface area contributed by atoms with Gasteiger partial charge in [-0.1, -0.05) is 12.1 Å². The monoisotopic (exact) mass is 234 g/mol. The Morgan fingerprint density at radius 2 is 2.38 bits per heavy atom. The second kappa shape index (κ2) is 4.39. The van der Waals surface area contributed by atoms with Gasteiger partial charge in [-0.2, -0.15) is 4.37 Å². The van der Waals surface area contributed by atoms with Crippen molar-refractivity contribution in [3.63, 3.8) is 0 Å². The molecule has 1 atom stereocenters. The standard InChI is InChI=1S/C12H14N2OS/c1-2-4-11-10(3-1)12(16-14-11)13-7-9-5-6-15-8-9/h1-4,9,13H,5-8H2. The fourth-order valence-electron chi connectivity index (χ4n) is 2.00. The van der Waals surface area contributed by atoms with Gasteiger partial charge in [-0.25, -0.2) is 0 Å². The van der Waals surface area contributed by atoms with Crippen LogP contribution in [0, 0.1) is 5.92 Å². The van der Waals surface area contributed by atoms with Gasteiger partial charge in [0.25, 0.3) is 0 Å². The van der Waals surface area contributed by atoms with E-state index in [4.69, 9.17) is 4.74 Å². The summed E-state index contributed by atoms with van der Waals surface area (Å²) in [5.41, 5.74) is 1.08. The van der Waals surface area contributed by atoms with Crippen molar-refractivity contribution in [1.82, 2.24) is 4.37 Å². The van der Waals surface area contributed by atoms with Crippen molar-refractivity contribution >= 4 is 27.4 Å². The molecule has 1 aromatic carbocycles. The number of hydrogen-bond acceptors (Lipinski definition) is 4. The number of nitrogens with one attached hydrogen (secondary N) is 1. The van der Waals surface area contributed by atoms with Crippen molar-refractivity contribution in [1.29, 1.82) is 0 Å². The molecule has 2 aromatic rings. The van der Waals surface area contributed by atoms with E-state index in [0.717, 1.165) is 25.3 Å². The predicted molar refractivity (Wildman–Crippen MR) is 67.0 cm³/mol. The number of fused-ring (bicyclic) bond motifs is 1. The number of rotatable bonds is 3. The molecule has 0 radical (unpaired) electrons. The van der Waals surface area contributed by atoms with E-state index in [0.29, 0.717) is 5.92 Å². The van der Waals surface area contributed by atoms with Gasteiger partial charge in [-0.3, -0.25) is 0 Å². The first kappa shape index (κ1) is 10.1. The van der Waals surface area contributed by atoms with Crippen LogP contribution in [0.5, 0.6) is 0 Å². The predicted octanol–water partition coefficient (Wildman–Crippen LogP) is 2.74. The topological polar surface area (TPSA) is 34.1 Å². The minimum Gasteiger partial charge on any atom is -0.381 e. The Balaban J connectivity index is 1.73. The normalized spacial score (nSPS) is 20.4. The summed E-state index contributed by atoms with van der Waals surface area (Å²) in [5.74, 6) is 0.654. The van der Waals surface area contributed by atoms with Gasteiger partial charge in [0.1, 0.15) is 5.00 Å². The van der Waals surface area contributed by atoms with Crippen LogP contribution >= 0.6 is 11.5 Å². The highest BCUT2D eigenvalue weighted by atomic mass is 32.1. The molecular formula is C12H14N2OS. The molecule has 0 saturated carbocycles. The molecule has 1 aliphatic heterocycles. The Morgan fingerprint density at radius 1 is 1.44 bits per heavy atom. The third kappa shape index (κ3) is 1.90. The molecule has 3 rings (SSSR count). The lowest BCUT2D eigenvalue weighted by Gasteiger charge is -2.08. The van der Waals surface area contributed by atoms with E-state index in [1.807, 2.05) is 6.07 Å². The largest absolute Gasteiger partial charge is 0.381 e. The third-order valence-electron chi connectivity index (χ3n) is 2.96. The van der Waals surface area contributed by atoms with Crippen molar-refractivity contribution < 1.29 is 4.74 Å². The first-order valence-corrected chi connectivity index (χ1v) is 6.37. The molecule has 0 bridgehead atoms. The average Bonchev–Trinajstić information content (AvgIpc) is 2.96. The highest BCUT2D eigenvalue weighted by molar-refractivity contribution is 7.11. The fraction of sp³-hybridized carbons (Fsp3) is 0.417. The number of ether oxygens (including phenoxy) is 1. The minimum absolute atomic E-state index is 0.654. The zero-order chi connectivity index (χ0) is 10.8. The summed E-state index contributed by atoms with van der Waals surface area (Å²) in [6, 6.07) is 8.25. The van der Waals surface area contributed by atoms with E-state index >= 15 is 0 Å². The molecule has 84 valence electrons. The lowest BCUT2D eigenvalue weighted by molar-refractivity contribution is 0.187. The Bertz CT molecular complexity index is 477. The van der Waals surface area contributed by atoms with Crippen LogP contribution in [0.3, 0.4) is 0 Å². The summed E-state index contributed by atoms with van der Waals surface area (Å²) < 4.78 is 9.77. The number of hydrogen-bond donors (Lipinski definition) is 1. The number of benzene rings is 1. The maximum absolute atomic E-state index is 5.36. The molecule has 2 heterocycles. The molecule has 4 heteroatoms. The average molecular weight is 234 g/mol. The highest BCUT2D eigenvalue weighted by Gasteiger charge is 2.15. The van der Waals surface area contributed by atoms with Crippen molar-refractivity contribution in [2.75, 3.05) is 25.1 Å². The molecule has 1 N–H and O–H groups in total. The molecule has 1 fully saturated rings. The van der Waals surface area contributed by atoms with Crippen LogP contribution in [0.1, 0.15) is 6.42 Å². The molecule has 1 unspecified atom stereocenters. The molecule has 1 aromatic heterocycles. The molecular weight excluding hydrogens is 220 g/mol. The number of anilines is 1. The second-order valence-electron chi connectivity index (χ2n) is 4.14. The van der Waals surface area contributed by atoms with Gasteiger partial charge in [0.15, 0.2) is 0 Å². The van der Waals surface area contributed by atoms with Crippen molar-refractivity contribution in [3.8, 4) is 0 Å². The van der Waals surface area contributed by atoms with E-state index in [-0.39, 0.29) is 0 Å². The van der Waals surface area contributed by atoms with Crippen LogP contribution in [0.4, 0.5) is 5.00 Å². The summed E-state index contributed by atoms with van der Waals surface area (Å²) in [4.78, 5) is 0. The number of nitrogens with zero attached hydrogens (tertiary/aromatic N) is 1. The van der Waals surface area contributed by atoms with Crippen molar-refractivity contribution in [2.24, 2.45) is 5.92 Å². The summed E-state index contributed by atoms with van der Waals surface area (Å²) in [5, 5.41) is 5.90. The van der Waals surface area contributed by atoms with Gasteiger partial charge in [-0.15, -0.1) is 0 Å². The molecule has 1 aliphatic rings. The Morgan fingerprint density at radius 3 is 3.25 bits per heavy atom. The Kier molecular flexibility index (Phi) is 2.76. The van der Waals surface area contributed by atoms with E-state index < -0.39 is 0 Å². The van der Waals surface area contributed by atoms with Gasteiger partial charge >= 0.3 is 0 Å². The lowest BCUT2D eigenvalue weighted by atomic mass is 10.1. The minimum atomic E-state index is 0.654. The van der Waals surface area contributed by atoms with Crippen LogP contribution in [-0.2, 0) is 4.74 Å². The summed E-state index contributed by atoms with van der Waals surface area (Å²) in [7, 11) is 0. The van der Waals surface area contributed by atoms with Crippen LogP contribution in [0.25, 0.3) is 10.9 Å². The van der Waals surface area contributed by atoms with Crippen LogP contribution < -0.4 is 5.32 Å². The van der Waals surface area contributed by atoms with E-state index in [9.17, 15) is 0 Å². The molecule has 3 nitrogen and oxygen atoms in total. The van der Waals surface area contributed by atoms with Crippen LogP contribution in [-0.4, -0.2) is 24.1 Å². The number of aromatic nitrogens is 1. The van der Waals surface area contributed by atoms with Crippen molar-refractivity contribution in [3.05, 3.63) is 24.3 Å². The molecule has 0 amide bonds. The van der Waals surface area contributed by atoms with Gasteiger partial charge in [-0.05, 0) is 30.1 Å². The van der Waals surface area contributed by atoms with Crippen LogP contribution in [0.2, 0.25) is 0 Å². The Labute approximate surface area is 98.6 Å². The van der Waals surface area contributed by atoms with Crippen molar-refractivity contribution in [2.45, 2.75) is 6.42 Å². The quantitative estimate of drug-likeness (QED) is 0.886. The summed E-state index contributed by atoms with van der Waals surface area (Å²) in [6.07, 6.45) is 1.17. The maximum atomic E-state index is 5.36. The van der Waals surface area contributed by atoms with Crippen LogP contribution in [0.15, 0.2) is 24.3 Å². The zero-order valence-corrected chi connectivity index (χ0v) is 9.80. The fourth-order valence-corrected chi connectivity index (χ4v) is 2.77. The zero-order valence-electron chi connectivity index (χ0n) is 8.98.